The minimum atomic E-state index is 0.0226. The van der Waals surface area contributed by atoms with Gasteiger partial charge in [-0.1, -0.05) is 24.2 Å². The molecule has 2 amide bonds. The van der Waals surface area contributed by atoms with Crippen molar-refractivity contribution in [3.8, 4) is 0 Å². The SMILES string of the molecule is O=C(Nc1ccnc(Sc2ccccn2)c1)N1CCCC1C1CCC1. The highest BCUT2D eigenvalue weighted by Gasteiger charge is 2.37. The van der Waals surface area contributed by atoms with Gasteiger partial charge in [-0.25, -0.2) is 14.8 Å². The van der Waals surface area contributed by atoms with Gasteiger partial charge in [0.2, 0.25) is 0 Å². The summed E-state index contributed by atoms with van der Waals surface area (Å²) in [6.45, 7) is 0.869. The second-order valence-corrected chi connectivity index (χ2v) is 7.72. The number of carbonyl (C=O) groups is 1. The number of urea groups is 1. The monoisotopic (exact) mass is 354 g/mol. The number of aromatic nitrogens is 2. The molecule has 1 N–H and O–H groups in total. The molecule has 1 saturated carbocycles. The lowest BCUT2D eigenvalue weighted by atomic mass is 9.79. The van der Waals surface area contributed by atoms with Gasteiger partial charge < -0.3 is 10.2 Å². The van der Waals surface area contributed by atoms with Crippen LogP contribution in [0.2, 0.25) is 0 Å². The number of hydrogen-bond donors (Lipinski definition) is 1. The molecule has 6 heteroatoms. The van der Waals surface area contributed by atoms with E-state index in [0.29, 0.717) is 12.0 Å². The van der Waals surface area contributed by atoms with Gasteiger partial charge in [0.1, 0.15) is 10.1 Å². The lowest BCUT2D eigenvalue weighted by molar-refractivity contribution is 0.148. The number of anilines is 1. The predicted molar refractivity (Wildman–Crippen MR) is 98.7 cm³/mol. The Morgan fingerprint density at radius 2 is 1.96 bits per heavy atom. The van der Waals surface area contributed by atoms with Crippen LogP contribution in [-0.2, 0) is 0 Å². The Kier molecular flexibility index (Phi) is 4.88. The highest BCUT2D eigenvalue weighted by molar-refractivity contribution is 7.99. The zero-order valence-electron chi connectivity index (χ0n) is 14.1. The molecule has 1 unspecified atom stereocenters. The summed E-state index contributed by atoms with van der Waals surface area (Å²) in [6, 6.07) is 10.00. The fourth-order valence-corrected chi connectivity index (χ4v) is 4.39. The van der Waals surface area contributed by atoms with Crippen LogP contribution in [-0.4, -0.2) is 33.5 Å². The maximum Gasteiger partial charge on any atom is 0.322 e. The average Bonchev–Trinajstić information content (AvgIpc) is 3.04. The first kappa shape index (κ1) is 16.4. The van der Waals surface area contributed by atoms with Gasteiger partial charge in [-0.2, -0.15) is 0 Å². The van der Waals surface area contributed by atoms with Crippen LogP contribution in [0.3, 0.4) is 0 Å². The minimum Gasteiger partial charge on any atom is -0.321 e. The van der Waals surface area contributed by atoms with E-state index >= 15 is 0 Å². The Bertz CT molecular complexity index is 735. The van der Waals surface area contributed by atoms with Crippen molar-refractivity contribution >= 4 is 23.5 Å². The molecule has 0 aromatic carbocycles. The van der Waals surface area contributed by atoms with E-state index < -0.39 is 0 Å². The molecule has 1 aliphatic heterocycles. The normalized spacial score (nSPS) is 20.3. The fraction of sp³-hybridized carbons (Fsp3) is 0.421. The van der Waals surface area contributed by atoms with Gasteiger partial charge in [-0.15, -0.1) is 0 Å². The minimum absolute atomic E-state index is 0.0226. The highest BCUT2D eigenvalue weighted by Crippen LogP contribution is 2.37. The van der Waals surface area contributed by atoms with Crippen LogP contribution >= 0.6 is 11.8 Å². The van der Waals surface area contributed by atoms with Crippen LogP contribution in [0, 0.1) is 5.92 Å². The maximum absolute atomic E-state index is 12.7. The number of carbonyl (C=O) groups excluding carboxylic acids is 1. The summed E-state index contributed by atoms with van der Waals surface area (Å²) >= 11 is 1.49. The molecular weight excluding hydrogens is 332 g/mol. The van der Waals surface area contributed by atoms with Gasteiger partial charge in [-0.3, -0.25) is 0 Å². The van der Waals surface area contributed by atoms with Gasteiger partial charge in [-0.05, 0) is 55.9 Å². The van der Waals surface area contributed by atoms with Crippen LogP contribution in [0.15, 0.2) is 52.8 Å². The molecule has 1 aliphatic carbocycles. The van der Waals surface area contributed by atoms with Crippen molar-refractivity contribution in [1.82, 2.24) is 14.9 Å². The number of nitrogens with zero attached hydrogens (tertiary/aromatic N) is 3. The number of nitrogens with one attached hydrogen (secondary N) is 1. The average molecular weight is 354 g/mol. The summed E-state index contributed by atoms with van der Waals surface area (Å²) in [4.78, 5) is 23.4. The largest absolute Gasteiger partial charge is 0.322 e. The summed E-state index contributed by atoms with van der Waals surface area (Å²) in [5, 5.41) is 4.78. The third-order valence-corrected chi connectivity index (χ3v) is 5.97. The predicted octanol–water partition coefficient (Wildman–Crippen LogP) is 4.42. The Labute approximate surface area is 152 Å². The lowest BCUT2D eigenvalue weighted by Crippen LogP contribution is -2.44. The van der Waals surface area contributed by atoms with Crippen LogP contribution in [0.5, 0.6) is 0 Å². The first-order valence-electron chi connectivity index (χ1n) is 8.92. The first-order chi connectivity index (χ1) is 12.3. The van der Waals surface area contributed by atoms with E-state index in [0.717, 1.165) is 35.1 Å². The molecule has 2 aromatic heterocycles. The molecule has 1 atom stereocenters. The molecule has 2 fully saturated rings. The van der Waals surface area contributed by atoms with E-state index in [4.69, 9.17) is 0 Å². The van der Waals surface area contributed by atoms with Crippen LogP contribution in [0.4, 0.5) is 10.5 Å². The topological polar surface area (TPSA) is 58.1 Å². The summed E-state index contributed by atoms with van der Waals surface area (Å²) in [6.07, 6.45) is 9.62. The van der Waals surface area contributed by atoms with E-state index in [1.165, 1.54) is 31.0 Å². The van der Waals surface area contributed by atoms with Crippen LogP contribution < -0.4 is 5.32 Å². The van der Waals surface area contributed by atoms with Gasteiger partial charge in [0.05, 0.1) is 0 Å². The third-order valence-electron chi connectivity index (χ3n) is 5.09. The molecule has 0 spiro atoms. The Morgan fingerprint density at radius 3 is 2.72 bits per heavy atom. The molecule has 2 aliphatic rings. The van der Waals surface area contributed by atoms with Crippen molar-refractivity contribution in [2.45, 2.75) is 48.2 Å². The molecule has 0 radical (unpaired) electrons. The van der Waals surface area contributed by atoms with E-state index in [1.807, 2.05) is 35.2 Å². The Hall–Kier alpha value is -2.08. The zero-order valence-corrected chi connectivity index (χ0v) is 14.9. The second-order valence-electron chi connectivity index (χ2n) is 6.68. The molecule has 1 saturated heterocycles. The number of hydrogen-bond acceptors (Lipinski definition) is 4. The van der Waals surface area contributed by atoms with Crippen LogP contribution in [0.1, 0.15) is 32.1 Å². The number of amides is 2. The number of pyridine rings is 2. The summed E-state index contributed by atoms with van der Waals surface area (Å²) in [7, 11) is 0. The molecule has 25 heavy (non-hydrogen) atoms. The molecule has 4 rings (SSSR count). The number of likely N-dealkylation sites (tertiary alicyclic amines) is 1. The molecule has 130 valence electrons. The third kappa shape index (κ3) is 3.79. The Morgan fingerprint density at radius 1 is 1.08 bits per heavy atom. The molecule has 5 nitrogen and oxygen atoms in total. The van der Waals surface area contributed by atoms with Gasteiger partial charge >= 0.3 is 6.03 Å². The fourth-order valence-electron chi connectivity index (χ4n) is 3.61. The van der Waals surface area contributed by atoms with Crippen molar-refractivity contribution in [2.24, 2.45) is 5.92 Å². The summed E-state index contributed by atoms with van der Waals surface area (Å²) in [5.74, 6) is 0.709. The summed E-state index contributed by atoms with van der Waals surface area (Å²) in [5.41, 5.74) is 0.790. The van der Waals surface area contributed by atoms with Crippen molar-refractivity contribution < 1.29 is 4.79 Å². The quantitative estimate of drug-likeness (QED) is 0.883. The highest BCUT2D eigenvalue weighted by atomic mass is 32.2. The molecule has 0 bridgehead atoms. The van der Waals surface area contributed by atoms with Crippen molar-refractivity contribution in [2.75, 3.05) is 11.9 Å². The van der Waals surface area contributed by atoms with E-state index in [9.17, 15) is 4.79 Å². The number of rotatable bonds is 4. The van der Waals surface area contributed by atoms with Crippen molar-refractivity contribution in [3.05, 3.63) is 42.7 Å². The molecule has 2 aromatic rings. The molecular formula is C19H22N4OS. The standard InChI is InChI=1S/C19H22N4OS/c24-19(23-12-4-7-16(23)14-5-3-6-14)22-15-9-11-21-18(13-15)25-17-8-1-2-10-20-17/h1-2,8-11,13-14,16H,3-7,12H2,(H,21,22,24). The van der Waals surface area contributed by atoms with Gasteiger partial charge in [0.15, 0.2) is 0 Å². The van der Waals surface area contributed by atoms with Gasteiger partial charge in [0, 0.05) is 30.7 Å². The lowest BCUT2D eigenvalue weighted by Gasteiger charge is -2.36. The summed E-state index contributed by atoms with van der Waals surface area (Å²) < 4.78 is 0. The second kappa shape index (κ2) is 7.44. The first-order valence-corrected chi connectivity index (χ1v) is 9.74. The smallest absolute Gasteiger partial charge is 0.321 e. The zero-order chi connectivity index (χ0) is 17.1. The maximum atomic E-state index is 12.7. The Balaban J connectivity index is 1.42. The van der Waals surface area contributed by atoms with E-state index in [-0.39, 0.29) is 6.03 Å². The van der Waals surface area contributed by atoms with E-state index in [1.54, 1.807) is 12.4 Å². The van der Waals surface area contributed by atoms with Gasteiger partial charge in [0.25, 0.3) is 0 Å². The van der Waals surface area contributed by atoms with Crippen molar-refractivity contribution in [3.63, 3.8) is 0 Å². The van der Waals surface area contributed by atoms with Crippen LogP contribution in [0.25, 0.3) is 0 Å². The van der Waals surface area contributed by atoms with E-state index in [2.05, 4.69) is 15.3 Å². The molecule has 3 heterocycles. The van der Waals surface area contributed by atoms with Crippen molar-refractivity contribution in [1.29, 1.82) is 0 Å².